The second kappa shape index (κ2) is 5.55. The molecule has 0 N–H and O–H groups in total. The van der Waals surface area contributed by atoms with Crippen LogP contribution >= 0.6 is 11.3 Å². The van der Waals surface area contributed by atoms with Gasteiger partial charge in [0.15, 0.2) is 0 Å². The summed E-state index contributed by atoms with van der Waals surface area (Å²) in [5.41, 5.74) is 1.05. The summed E-state index contributed by atoms with van der Waals surface area (Å²) in [4.78, 5) is 11.0. The lowest BCUT2D eigenvalue weighted by Gasteiger charge is -2.42. The van der Waals surface area contributed by atoms with E-state index in [2.05, 4.69) is 33.2 Å². The molecule has 5 heteroatoms. The molecule has 4 nitrogen and oxygen atoms in total. The monoisotopic (exact) mass is 303 g/mol. The summed E-state index contributed by atoms with van der Waals surface area (Å²) >= 11 is 1.67. The van der Waals surface area contributed by atoms with Crippen LogP contribution in [0.1, 0.15) is 25.5 Å². The molecule has 0 aliphatic carbocycles. The summed E-state index contributed by atoms with van der Waals surface area (Å²) in [5, 5.41) is 2.06. The number of hydrogen-bond donors (Lipinski definition) is 0. The highest BCUT2D eigenvalue weighted by Crippen LogP contribution is 2.27. The van der Waals surface area contributed by atoms with E-state index in [1.165, 1.54) is 32.5 Å². The van der Waals surface area contributed by atoms with Crippen LogP contribution in [0.5, 0.6) is 0 Å². The Kier molecular flexibility index (Phi) is 3.57. The van der Waals surface area contributed by atoms with Crippen molar-refractivity contribution in [2.45, 2.75) is 38.4 Å². The summed E-state index contributed by atoms with van der Waals surface area (Å²) in [6, 6.07) is 5.44. The molecule has 0 amide bonds. The standard InChI is InChI=1S/C16H21N3OS/c1-12-8-18-6-2-4-14(18)10-19(12)9-13-11-20-16(17-13)15-5-3-7-21-15/h3,5,7,11-12,14H,2,4,6,8-10H2,1H3. The van der Waals surface area contributed by atoms with E-state index in [9.17, 15) is 0 Å². The lowest BCUT2D eigenvalue weighted by atomic mass is 10.1. The van der Waals surface area contributed by atoms with Crippen LogP contribution in [0.3, 0.4) is 0 Å². The van der Waals surface area contributed by atoms with Gasteiger partial charge in [0.25, 0.3) is 0 Å². The van der Waals surface area contributed by atoms with Crippen molar-refractivity contribution in [3.8, 4) is 10.8 Å². The Labute approximate surface area is 129 Å². The molecular weight excluding hydrogens is 282 g/mol. The quantitative estimate of drug-likeness (QED) is 0.872. The smallest absolute Gasteiger partial charge is 0.236 e. The molecule has 2 aromatic heterocycles. The Morgan fingerprint density at radius 1 is 1.43 bits per heavy atom. The predicted octanol–water partition coefficient (Wildman–Crippen LogP) is 3.07. The van der Waals surface area contributed by atoms with Gasteiger partial charge in [-0.15, -0.1) is 11.3 Å². The van der Waals surface area contributed by atoms with Crippen molar-refractivity contribution in [3.05, 3.63) is 29.5 Å². The molecule has 0 radical (unpaired) electrons. The van der Waals surface area contributed by atoms with E-state index in [-0.39, 0.29) is 0 Å². The summed E-state index contributed by atoms with van der Waals surface area (Å²) in [6.07, 6.45) is 4.53. The molecule has 0 bridgehead atoms. The van der Waals surface area contributed by atoms with Gasteiger partial charge in [-0.1, -0.05) is 6.07 Å². The zero-order valence-corrected chi connectivity index (χ0v) is 13.2. The Bertz CT molecular complexity index is 594. The number of nitrogens with zero attached hydrogens (tertiary/aromatic N) is 3. The summed E-state index contributed by atoms with van der Waals surface area (Å²) in [6.45, 7) is 6.88. The minimum atomic E-state index is 0.598. The first kappa shape index (κ1) is 13.5. The molecule has 21 heavy (non-hydrogen) atoms. The van der Waals surface area contributed by atoms with Gasteiger partial charge in [-0.3, -0.25) is 9.80 Å². The molecule has 4 rings (SSSR count). The summed E-state index contributed by atoms with van der Waals surface area (Å²) < 4.78 is 5.63. The Morgan fingerprint density at radius 2 is 2.38 bits per heavy atom. The van der Waals surface area contributed by atoms with E-state index < -0.39 is 0 Å². The topological polar surface area (TPSA) is 32.5 Å². The van der Waals surface area contributed by atoms with Crippen molar-refractivity contribution in [2.75, 3.05) is 19.6 Å². The van der Waals surface area contributed by atoms with E-state index in [0.717, 1.165) is 29.0 Å². The van der Waals surface area contributed by atoms with Gasteiger partial charge in [0.1, 0.15) is 6.26 Å². The van der Waals surface area contributed by atoms with Crippen LogP contribution in [0.2, 0.25) is 0 Å². The van der Waals surface area contributed by atoms with Gasteiger partial charge in [-0.25, -0.2) is 4.98 Å². The van der Waals surface area contributed by atoms with Crippen molar-refractivity contribution >= 4 is 11.3 Å². The normalized spacial score (nSPS) is 27.1. The summed E-state index contributed by atoms with van der Waals surface area (Å²) in [7, 11) is 0. The second-order valence-corrected chi connectivity index (χ2v) is 7.14. The number of hydrogen-bond acceptors (Lipinski definition) is 5. The van der Waals surface area contributed by atoms with E-state index >= 15 is 0 Å². The van der Waals surface area contributed by atoms with Crippen molar-refractivity contribution in [2.24, 2.45) is 0 Å². The average molecular weight is 303 g/mol. The molecule has 2 fully saturated rings. The van der Waals surface area contributed by atoms with Gasteiger partial charge in [0.2, 0.25) is 5.89 Å². The first-order valence-electron chi connectivity index (χ1n) is 7.76. The second-order valence-electron chi connectivity index (χ2n) is 6.19. The Balaban J connectivity index is 1.46. The molecule has 2 aromatic rings. The van der Waals surface area contributed by atoms with Crippen LogP contribution in [-0.2, 0) is 6.54 Å². The number of rotatable bonds is 3. The van der Waals surface area contributed by atoms with E-state index in [1.54, 1.807) is 11.3 Å². The molecule has 2 aliphatic rings. The zero-order chi connectivity index (χ0) is 14.2. The molecule has 4 heterocycles. The third-order valence-electron chi connectivity index (χ3n) is 4.72. The van der Waals surface area contributed by atoms with E-state index in [4.69, 9.17) is 4.42 Å². The SMILES string of the molecule is CC1CN2CCCC2CN1Cc1coc(-c2cccs2)n1. The van der Waals surface area contributed by atoms with Gasteiger partial charge in [-0.2, -0.15) is 0 Å². The zero-order valence-electron chi connectivity index (χ0n) is 12.4. The molecule has 0 spiro atoms. The van der Waals surface area contributed by atoms with Crippen LogP contribution < -0.4 is 0 Å². The third-order valence-corrected chi connectivity index (χ3v) is 5.57. The minimum absolute atomic E-state index is 0.598. The van der Waals surface area contributed by atoms with Gasteiger partial charge < -0.3 is 4.42 Å². The van der Waals surface area contributed by atoms with Crippen molar-refractivity contribution in [3.63, 3.8) is 0 Å². The van der Waals surface area contributed by atoms with Crippen molar-refractivity contribution in [1.82, 2.24) is 14.8 Å². The van der Waals surface area contributed by atoms with Crippen LogP contribution in [0.15, 0.2) is 28.2 Å². The first-order chi connectivity index (χ1) is 10.3. The highest BCUT2D eigenvalue weighted by Gasteiger charge is 2.34. The van der Waals surface area contributed by atoms with Crippen LogP contribution in [0.25, 0.3) is 10.8 Å². The molecular formula is C16H21N3OS. The highest BCUT2D eigenvalue weighted by atomic mass is 32.1. The number of piperazine rings is 1. The lowest BCUT2D eigenvalue weighted by molar-refractivity contribution is 0.0532. The summed E-state index contributed by atoms with van der Waals surface area (Å²) in [5.74, 6) is 0.757. The van der Waals surface area contributed by atoms with E-state index in [0.29, 0.717) is 6.04 Å². The minimum Gasteiger partial charge on any atom is -0.444 e. The number of fused-ring (bicyclic) bond motifs is 1. The van der Waals surface area contributed by atoms with Crippen molar-refractivity contribution in [1.29, 1.82) is 0 Å². The van der Waals surface area contributed by atoms with Crippen LogP contribution in [0.4, 0.5) is 0 Å². The fraction of sp³-hybridized carbons (Fsp3) is 0.562. The molecule has 2 unspecified atom stereocenters. The average Bonchev–Trinajstić information content (AvgIpc) is 3.18. The number of thiophene rings is 1. The maximum atomic E-state index is 5.63. The molecule has 0 aromatic carbocycles. The Morgan fingerprint density at radius 3 is 3.24 bits per heavy atom. The predicted molar refractivity (Wildman–Crippen MR) is 84.3 cm³/mol. The van der Waals surface area contributed by atoms with Crippen LogP contribution in [0, 0.1) is 0 Å². The molecule has 2 aliphatic heterocycles. The number of aromatic nitrogens is 1. The molecule has 0 saturated carbocycles. The van der Waals surface area contributed by atoms with Gasteiger partial charge in [0, 0.05) is 31.7 Å². The highest BCUT2D eigenvalue weighted by molar-refractivity contribution is 7.13. The van der Waals surface area contributed by atoms with Gasteiger partial charge in [0.05, 0.1) is 10.6 Å². The molecule has 2 saturated heterocycles. The molecule has 112 valence electrons. The largest absolute Gasteiger partial charge is 0.444 e. The van der Waals surface area contributed by atoms with Crippen molar-refractivity contribution < 1.29 is 4.42 Å². The third kappa shape index (κ3) is 2.65. The Hall–Kier alpha value is -1.17. The fourth-order valence-corrected chi connectivity index (χ4v) is 4.22. The lowest BCUT2D eigenvalue weighted by Crippen LogP contribution is -2.54. The number of oxazole rings is 1. The maximum Gasteiger partial charge on any atom is 0.236 e. The maximum absolute atomic E-state index is 5.63. The first-order valence-corrected chi connectivity index (χ1v) is 8.64. The van der Waals surface area contributed by atoms with E-state index in [1.807, 2.05) is 12.3 Å². The van der Waals surface area contributed by atoms with Gasteiger partial charge in [-0.05, 0) is 37.8 Å². The fourth-order valence-electron chi connectivity index (χ4n) is 3.57. The molecule has 2 atom stereocenters. The van der Waals surface area contributed by atoms with Crippen LogP contribution in [-0.4, -0.2) is 46.5 Å². The van der Waals surface area contributed by atoms with Gasteiger partial charge >= 0.3 is 0 Å².